The smallest absolute Gasteiger partial charge is 0.282 e. The molecule has 1 aromatic carbocycles. The summed E-state index contributed by atoms with van der Waals surface area (Å²) in [5, 5.41) is 0.769. The van der Waals surface area contributed by atoms with E-state index in [1.54, 1.807) is 18.9 Å². The number of thioether (sulfide) groups is 1. The Bertz CT molecular complexity index is 674. The van der Waals surface area contributed by atoms with Gasteiger partial charge in [0.05, 0.1) is 7.11 Å². The molecule has 2 aliphatic heterocycles. The van der Waals surface area contributed by atoms with E-state index in [0.29, 0.717) is 10.5 Å². The second kappa shape index (κ2) is 8.75. The van der Waals surface area contributed by atoms with Gasteiger partial charge in [-0.15, -0.1) is 0 Å². The first-order chi connectivity index (χ1) is 13.1. The van der Waals surface area contributed by atoms with Crippen LogP contribution in [0, 0.1) is 11.8 Å². The summed E-state index contributed by atoms with van der Waals surface area (Å²) < 4.78 is 6.56. The second-order valence-corrected chi connectivity index (χ2v) is 10.4. The van der Waals surface area contributed by atoms with E-state index in [0.717, 1.165) is 56.7 Å². The summed E-state index contributed by atoms with van der Waals surface area (Å²) in [5.41, 5.74) is 1.35. The number of piperidine rings is 1. The molecule has 0 N–H and O–H groups in total. The van der Waals surface area contributed by atoms with E-state index in [-0.39, 0.29) is 0 Å². The molecule has 3 fully saturated rings. The quantitative estimate of drug-likeness (QED) is 0.601. The van der Waals surface area contributed by atoms with Crippen LogP contribution in [-0.4, -0.2) is 60.1 Å². The number of hydrogen-bond acceptors (Lipinski definition) is 4. The molecule has 0 radical (unpaired) electrons. The molecule has 0 spiro atoms. The van der Waals surface area contributed by atoms with Gasteiger partial charge >= 0.3 is 0 Å². The Hall–Kier alpha value is -0.720. The average Bonchev–Trinajstić information content (AvgIpc) is 3.42. The minimum atomic E-state index is 0.310. The zero-order chi connectivity index (χ0) is 18.8. The van der Waals surface area contributed by atoms with Crippen molar-refractivity contribution < 1.29 is 9.53 Å². The number of hydrogen-bond donors (Lipinski definition) is 0. The van der Waals surface area contributed by atoms with Crippen molar-refractivity contribution in [1.29, 1.82) is 0 Å². The van der Waals surface area contributed by atoms with Crippen molar-refractivity contribution in [3.63, 3.8) is 0 Å². The van der Waals surface area contributed by atoms with Crippen molar-refractivity contribution in [2.75, 3.05) is 39.8 Å². The molecule has 6 heteroatoms. The average molecular weight is 453 g/mol. The van der Waals surface area contributed by atoms with Crippen LogP contribution in [0.25, 0.3) is 0 Å². The maximum absolute atomic E-state index is 12.2. The van der Waals surface area contributed by atoms with Crippen LogP contribution in [0.2, 0.25) is 0 Å². The number of carbonyl (C=O) groups excluding carboxylic acids is 1. The SMILES string of the molecule is COc1ccc(Br)c(CC2CCN(CC3CN(CC4CC4)C(=O)S3)CC2)c1. The van der Waals surface area contributed by atoms with Crippen molar-refractivity contribution in [1.82, 2.24) is 9.80 Å². The topological polar surface area (TPSA) is 32.8 Å². The minimum Gasteiger partial charge on any atom is -0.497 e. The Balaban J connectivity index is 1.23. The molecule has 1 aliphatic carbocycles. The van der Waals surface area contributed by atoms with Gasteiger partial charge in [-0.3, -0.25) is 4.79 Å². The van der Waals surface area contributed by atoms with Crippen molar-refractivity contribution in [3.8, 4) is 5.75 Å². The molecule has 0 aromatic heterocycles. The van der Waals surface area contributed by atoms with Crippen LogP contribution in [0.3, 0.4) is 0 Å². The monoisotopic (exact) mass is 452 g/mol. The van der Waals surface area contributed by atoms with Gasteiger partial charge in [0, 0.05) is 29.4 Å². The third-order valence-electron chi connectivity index (χ3n) is 6.06. The Morgan fingerprint density at radius 2 is 1.93 bits per heavy atom. The lowest BCUT2D eigenvalue weighted by Crippen LogP contribution is -2.39. The lowest BCUT2D eigenvalue weighted by molar-refractivity contribution is 0.179. The second-order valence-electron chi connectivity index (χ2n) is 8.26. The van der Waals surface area contributed by atoms with E-state index >= 15 is 0 Å². The van der Waals surface area contributed by atoms with Gasteiger partial charge in [0.1, 0.15) is 5.75 Å². The summed E-state index contributed by atoms with van der Waals surface area (Å²) in [5.74, 6) is 2.46. The molecule has 3 aliphatic rings. The number of nitrogens with zero attached hydrogens (tertiary/aromatic N) is 2. The molecule has 1 amide bonds. The Labute approximate surface area is 175 Å². The maximum Gasteiger partial charge on any atom is 0.282 e. The van der Waals surface area contributed by atoms with E-state index in [1.807, 2.05) is 6.07 Å². The molecule has 1 unspecified atom stereocenters. The Morgan fingerprint density at radius 3 is 2.63 bits per heavy atom. The Morgan fingerprint density at radius 1 is 1.15 bits per heavy atom. The van der Waals surface area contributed by atoms with E-state index < -0.39 is 0 Å². The van der Waals surface area contributed by atoms with E-state index in [2.05, 4.69) is 37.9 Å². The van der Waals surface area contributed by atoms with Crippen molar-refractivity contribution in [3.05, 3.63) is 28.2 Å². The highest BCUT2D eigenvalue weighted by atomic mass is 79.9. The van der Waals surface area contributed by atoms with Crippen LogP contribution in [0.15, 0.2) is 22.7 Å². The first-order valence-corrected chi connectivity index (χ1v) is 11.8. The van der Waals surface area contributed by atoms with Gasteiger partial charge in [0.25, 0.3) is 5.24 Å². The summed E-state index contributed by atoms with van der Waals surface area (Å²) in [6, 6.07) is 6.25. The van der Waals surface area contributed by atoms with Gasteiger partial charge in [-0.2, -0.15) is 0 Å². The number of carbonyl (C=O) groups is 1. The van der Waals surface area contributed by atoms with Gasteiger partial charge in [-0.25, -0.2) is 0 Å². The summed E-state index contributed by atoms with van der Waals surface area (Å²) in [7, 11) is 1.73. The fraction of sp³-hybridized carbons (Fsp3) is 0.667. The molecule has 4 rings (SSSR count). The molecule has 27 heavy (non-hydrogen) atoms. The number of likely N-dealkylation sites (tertiary alicyclic amines) is 1. The summed E-state index contributed by atoms with van der Waals surface area (Å²) >= 11 is 5.26. The van der Waals surface area contributed by atoms with Crippen LogP contribution in [0.4, 0.5) is 4.79 Å². The van der Waals surface area contributed by atoms with Crippen molar-refractivity contribution in [2.24, 2.45) is 11.8 Å². The first kappa shape index (κ1) is 19.6. The number of amides is 1. The van der Waals surface area contributed by atoms with Crippen LogP contribution in [-0.2, 0) is 6.42 Å². The predicted octanol–water partition coefficient (Wildman–Crippen LogP) is 4.66. The predicted molar refractivity (Wildman–Crippen MR) is 115 cm³/mol. The standard InChI is InChI=1S/C21H29BrN2O2S/c1-26-18-4-5-20(22)17(11-18)10-15-6-8-23(9-7-15)13-19-14-24(21(25)27-19)12-16-2-3-16/h4-5,11,15-16,19H,2-3,6-10,12-14H2,1H3. The maximum atomic E-state index is 12.2. The zero-order valence-corrected chi connectivity index (χ0v) is 18.4. The molecule has 1 aromatic rings. The number of ether oxygens (including phenoxy) is 1. The van der Waals surface area contributed by atoms with E-state index in [4.69, 9.17) is 4.74 Å². The van der Waals surface area contributed by atoms with Gasteiger partial charge < -0.3 is 14.5 Å². The fourth-order valence-corrected chi connectivity index (χ4v) is 5.77. The van der Waals surface area contributed by atoms with Crippen LogP contribution in [0.1, 0.15) is 31.2 Å². The molecule has 1 saturated carbocycles. The fourth-order valence-electron chi connectivity index (χ4n) is 4.24. The van der Waals surface area contributed by atoms with Gasteiger partial charge in [0.15, 0.2) is 0 Å². The summed E-state index contributed by atoms with van der Waals surface area (Å²) in [6.45, 7) is 5.32. The highest BCUT2D eigenvalue weighted by Crippen LogP contribution is 2.35. The van der Waals surface area contributed by atoms with Crippen molar-refractivity contribution in [2.45, 2.75) is 37.4 Å². The highest BCUT2D eigenvalue weighted by molar-refractivity contribution is 9.10. The third kappa shape index (κ3) is 5.21. The van der Waals surface area contributed by atoms with Crippen molar-refractivity contribution >= 4 is 32.9 Å². The van der Waals surface area contributed by atoms with Gasteiger partial charge in [0.2, 0.25) is 0 Å². The van der Waals surface area contributed by atoms with Crippen LogP contribution in [0.5, 0.6) is 5.75 Å². The largest absolute Gasteiger partial charge is 0.497 e. The minimum absolute atomic E-state index is 0.310. The third-order valence-corrected chi connectivity index (χ3v) is 7.92. The molecule has 2 heterocycles. The van der Waals surface area contributed by atoms with Gasteiger partial charge in [-0.05, 0) is 80.8 Å². The van der Waals surface area contributed by atoms with E-state index in [1.165, 1.54) is 35.7 Å². The first-order valence-electron chi connectivity index (χ1n) is 10.1. The van der Waals surface area contributed by atoms with Crippen LogP contribution < -0.4 is 4.74 Å². The molecule has 148 valence electrons. The number of halogens is 1. The summed E-state index contributed by atoms with van der Waals surface area (Å²) in [6.07, 6.45) is 6.21. The highest BCUT2D eigenvalue weighted by Gasteiger charge is 2.35. The molecule has 4 nitrogen and oxygen atoms in total. The normalized spacial score (nSPS) is 24.6. The lowest BCUT2D eigenvalue weighted by atomic mass is 9.90. The van der Waals surface area contributed by atoms with Crippen LogP contribution >= 0.6 is 27.7 Å². The van der Waals surface area contributed by atoms with Gasteiger partial charge in [-0.1, -0.05) is 27.7 Å². The molecule has 1 atom stereocenters. The number of rotatable bonds is 7. The number of methoxy groups -OCH3 is 1. The zero-order valence-electron chi connectivity index (χ0n) is 16.0. The molecular weight excluding hydrogens is 424 g/mol. The molecular formula is C21H29BrN2O2S. The van der Waals surface area contributed by atoms with E-state index in [9.17, 15) is 4.79 Å². The molecule has 0 bridgehead atoms. The lowest BCUT2D eigenvalue weighted by Gasteiger charge is -2.33. The Kier molecular flexibility index (Phi) is 6.35. The number of benzene rings is 1. The summed E-state index contributed by atoms with van der Waals surface area (Å²) in [4.78, 5) is 16.9. The molecule has 2 saturated heterocycles.